The van der Waals surface area contributed by atoms with Crippen LogP contribution in [0.5, 0.6) is 0 Å². The number of carbonyl (C=O) groups is 1. The molecule has 0 aromatic heterocycles. The van der Waals surface area contributed by atoms with E-state index in [1.165, 1.54) is 12.8 Å². The molecule has 1 aliphatic carbocycles. The first-order valence-electron chi connectivity index (χ1n) is 7.10. The number of likely N-dealkylation sites (tertiary alicyclic amines) is 1. The highest BCUT2D eigenvalue weighted by Crippen LogP contribution is 2.24. The van der Waals surface area contributed by atoms with E-state index in [-0.39, 0.29) is 5.91 Å². The van der Waals surface area contributed by atoms with Gasteiger partial charge in [-0.25, -0.2) is 0 Å². The first-order valence-corrected chi connectivity index (χ1v) is 7.10. The molecule has 0 atom stereocenters. The van der Waals surface area contributed by atoms with Crippen LogP contribution in [-0.4, -0.2) is 67.6 Å². The number of hydrogen-bond donors (Lipinski definition) is 2. The molecule has 0 aromatic rings. The minimum Gasteiger partial charge on any atom is -0.354 e. The number of nitrogens with zero attached hydrogens (tertiary/aromatic N) is 2. The molecule has 2 fully saturated rings. The van der Waals surface area contributed by atoms with Gasteiger partial charge in [-0.05, 0) is 32.7 Å². The van der Waals surface area contributed by atoms with E-state index in [2.05, 4.69) is 22.2 Å². The fraction of sp³-hybridized carbons (Fsp3) is 0.923. The maximum atomic E-state index is 11.8. The molecule has 0 aromatic carbocycles. The molecular weight excluding hydrogens is 228 g/mol. The molecule has 104 valence electrons. The molecule has 2 aliphatic rings. The zero-order valence-corrected chi connectivity index (χ0v) is 11.4. The zero-order valence-electron chi connectivity index (χ0n) is 11.4. The Balaban J connectivity index is 1.54. The van der Waals surface area contributed by atoms with E-state index in [4.69, 9.17) is 5.73 Å². The van der Waals surface area contributed by atoms with E-state index < -0.39 is 0 Å². The van der Waals surface area contributed by atoms with Crippen molar-refractivity contribution in [2.75, 3.05) is 39.8 Å². The summed E-state index contributed by atoms with van der Waals surface area (Å²) in [6, 6.07) is 1.10. The van der Waals surface area contributed by atoms with Gasteiger partial charge in [0.2, 0.25) is 5.91 Å². The third kappa shape index (κ3) is 4.55. The number of carbonyl (C=O) groups excluding carboxylic acids is 1. The maximum Gasteiger partial charge on any atom is 0.234 e. The second-order valence-electron chi connectivity index (χ2n) is 5.68. The average Bonchev–Trinajstić information content (AvgIpc) is 3.16. The Bertz CT molecular complexity index is 272. The fourth-order valence-corrected chi connectivity index (χ4v) is 2.44. The molecule has 1 saturated carbocycles. The zero-order chi connectivity index (χ0) is 13.0. The van der Waals surface area contributed by atoms with E-state index in [1.54, 1.807) is 0 Å². The quantitative estimate of drug-likeness (QED) is 0.678. The van der Waals surface area contributed by atoms with Gasteiger partial charge in [0.1, 0.15) is 0 Å². The van der Waals surface area contributed by atoms with Crippen LogP contribution in [-0.2, 0) is 4.79 Å². The van der Waals surface area contributed by atoms with Crippen molar-refractivity contribution in [2.24, 2.45) is 5.73 Å². The van der Waals surface area contributed by atoms with Crippen LogP contribution >= 0.6 is 0 Å². The Morgan fingerprint density at radius 2 is 2.00 bits per heavy atom. The molecule has 1 aliphatic heterocycles. The topological polar surface area (TPSA) is 61.6 Å². The summed E-state index contributed by atoms with van der Waals surface area (Å²) in [5.41, 5.74) is 5.84. The lowest BCUT2D eigenvalue weighted by atomic mass is 10.1. The second-order valence-corrected chi connectivity index (χ2v) is 5.68. The second kappa shape index (κ2) is 6.50. The highest BCUT2D eigenvalue weighted by atomic mass is 16.2. The van der Waals surface area contributed by atoms with Crippen LogP contribution in [0.4, 0.5) is 0 Å². The van der Waals surface area contributed by atoms with Crippen LogP contribution in [0.3, 0.4) is 0 Å². The van der Waals surface area contributed by atoms with E-state index in [0.717, 1.165) is 45.1 Å². The Labute approximate surface area is 110 Å². The first kappa shape index (κ1) is 13.8. The van der Waals surface area contributed by atoms with Gasteiger partial charge in [0.25, 0.3) is 0 Å². The number of nitrogens with two attached hydrogens (primary N) is 1. The monoisotopic (exact) mass is 254 g/mol. The Kier molecular flexibility index (Phi) is 4.97. The average molecular weight is 254 g/mol. The molecule has 2 rings (SSSR count). The summed E-state index contributed by atoms with van der Waals surface area (Å²) in [6.45, 7) is 4.16. The SMILES string of the molecule is CN(CCNC(=O)CN1CCC(N)CC1)C1CC1. The van der Waals surface area contributed by atoms with Crippen LogP contribution in [0.15, 0.2) is 0 Å². The van der Waals surface area contributed by atoms with Crippen LogP contribution in [0, 0.1) is 0 Å². The van der Waals surface area contributed by atoms with Gasteiger partial charge >= 0.3 is 0 Å². The van der Waals surface area contributed by atoms with Crippen molar-refractivity contribution in [2.45, 2.75) is 37.8 Å². The molecule has 1 heterocycles. The van der Waals surface area contributed by atoms with Gasteiger partial charge in [-0.15, -0.1) is 0 Å². The molecule has 1 amide bonds. The lowest BCUT2D eigenvalue weighted by molar-refractivity contribution is -0.122. The van der Waals surface area contributed by atoms with Crippen molar-refractivity contribution in [1.29, 1.82) is 0 Å². The number of likely N-dealkylation sites (N-methyl/N-ethyl adjacent to an activating group) is 1. The summed E-state index contributed by atoms with van der Waals surface area (Å²) in [5, 5.41) is 3.00. The highest BCUT2D eigenvalue weighted by Gasteiger charge is 2.25. The van der Waals surface area contributed by atoms with Crippen LogP contribution in [0.1, 0.15) is 25.7 Å². The standard InChI is InChI=1S/C13H26N4O/c1-16(12-2-3-12)9-6-15-13(18)10-17-7-4-11(14)5-8-17/h11-12H,2-10,14H2,1H3,(H,15,18). The maximum absolute atomic E-state index is 11.8. The summed E-state index contributed by atoms with van der Waals surface area (Å²) >= 11 is 0. The van der Waals surface area contributed by atoms with E-state index in [0.29, 0.717) is 12.6 Å². The molecule has 18 heavy (non-hydrogen) atoms. The van der Waals surface area contributed by atoms with Crippen LogP contribution < -0.4 is 11.1 Å². The summed E-state index contributed by atoms with van der Waals surface area (Å²) in [7, 11) is 2.13. The molecule has 5 heteroatoms. The van der Waals surface area contributed by atoms with Gasteiger partial charge in [-0.1, -0.05) is 0 Å². The molecule has 0 unspecified atom stereocenters. The third-order valence-corrected chi connectivity index (χ3v) is 3.96. The number of hydrogen-bond acceptors (Lipinski definition) is 4. The van der Waals surface area contributed by atoms with Gasteiger partial charge < -0.3 is 16.0 Å². The van der Waals surface area contributed by atoms with Crippen molar-refractivity contribution in [3.05, 3.63) is 0 Å². The molecular formula is C13H26N4O. The predicted molar refractivity (Wildman–Crippen MR) is 72.3 cm³/mol. The summed E-state index contributed by atoms with van der Waals surface area (Å²) in [6.07, 6.45) is 4.66. The first-order chi connectivity index (χ1) is 8.65. The van der Waals surface area contributed by atoms with Crippen molar-refractivity contribution in [1.82, 2.24) is 15.1 Å². The minimum atomic E-state index is 0.148. The van der Waals surface area contributed by atoms with Gasteiger partial charge in [-0.2, -0.15) is 0 Å². The van der Waals surface area contributed by atoms with Gasteiger partial charge in [0.05, 0.1) is 6.54 Å². The Hall–Kier alpha value is -0.650. The lowest BCUT2D eigenvalue weighted by Gasteiger charge is -2.29. The van der Waals surface area contributed by atoms with Gasteiger partial charge in [0.15, 0.2) is 0 Å². The Morgan fingerprint density at radius 3 is 2.61 bits per heavy atom. The number of rotatable bonds is 6. The highest BCUT2D eigenvalue weighted by molar-refractivity contribution is 5.78. The molecule has 0 bridgehead atoms. The normalized spacial score (nSPS) is 22.4. The van der Waals surface area contributed by atoms with Crippen molar-refractivity contribution in [3.63, 3.8) is 0 Å². The van der Waals surface area contributed by atoms with E-state index in [1.807, 2.05) is 0 Å². The van der Waals surface area contributed by atoms with E-state index >= 15 is 0 Å². The lowest BCUT2D eigenvalue weighted by Crippen LogP contribution is -2.45. The summed E-state index contributed by atoms with van der Waals surface area (Å²) < 4.78 is 0. The van der Waals surface area contributed by atoms with Crippen molar-refractivity contribution >= 4 is 5.91 Å². The minimum absolute atomic E-state index is 0.148. The molecule has 1 saturated heterocycles. The molecule has 3 N–H and O–H groups in total. The van der Waals surface area contributed by atoms with Gasteiger partial charge in [-0.3, -0.25) is 9.69 Å². The summed E-state index contributed by atoms with van der Waals surface area (Å²) in [5.74, 6) is 0.148. The molecule has 0 radical (unpaired) electrons. The Morgan fingerprint density at radius 1 is 1.33 bits per heavy atom. The van der Waals surface area contributed by atoms with Crippen LogP contribution in [0.2, 0.25) is 0 Å². The van der Waals surface area contributed by atoms with Crippen molar-refractivity contribution < 1.29 is 4.79 Å². The number of piperidine rings is 1. The molecule has 5 nitrogen and oxygen atoms in total. The summed E-state index contributed by atoms with van der Waals surface area (Å²) in [4.78, 5) is 16.3. The van der Waals surface area contributed by atoms with Crippen molar-refractivity contribution in [3.8, 4) is 0 Å². The molecule has 0 spiro atoms. The van der Waals surface area contributed by atoms with Crippen LogP contribution in [0.25, 0.3) is 0 Å². The smallest absolute Gasteiger partial charge is 0.234 e. The van der Waals surface area contributed by atoms with Gasteiger partial charge in [0, 0.05) is 38.3 Å². The van der Waals surface area contributed by atoms with E-state index in [9.17, 15) is 4.79 Å². The third-order valence-electron chi connectivity index (χ3n) is 3.96. The number of nitrogens with one attached hydrogen (secondary N) is 1. The fourth-order valence-electron chi connectivity index (χ4n) is 2.44. The predicted octanol–water partition coefficient (Wildman–Crippen LogP) is -0.380. The number of amides is 1. The largest absolute Gasteiger partial charge is 0.354 e.